The Balaban J connectivity index is 1.17. The van der Waals surface area contributed by atoms with E-state index in [1.807, 2.05) is 0 Å². The first-order valence-corrected chi connectivity index (χ1v) is 18.7. The fourth-order valence-electron chi connectivity index (χ4n) is 9.27. The lowest BCUT2D eigenvalue weighted by molar-refractivity contribution is -0.140. The Morgan fingerprint density at radius 2 is 1.19 bits per heavy atom. The van der Waals surface area contributed by atoms with Crippen molar-refractivity contribution in [1.82, 2.24) is 0 Å². The van der Waals surface area contributed by atoms with E-state index in [1.165, 1.54) is 65.5 Å². The van der Waals surface area contributed by atoms with Gasteiger partial charge in [-0.15, -0.1) is 0 Å². The van der Waals surface area contributed by atoms with Gasteiger partial charge in [0.2, 0.25) is 0 Å². The molecular formula is C44H60O4. The summed E-state index contributed by atoms with van der Waals surface area (Å²) in [5.74, 6) is 3.97. The topological polar surface area (TPSA) is 52.6 Å². The third-order valence-electron chi connectivity index (χ3n) is 12.6. The van der Waals surface area contributed by atoms with Crippen molar-refractivity contribution in [2.75, 3.05) is 13.2 Å². The van der Waals surface area contributed by atoms with E-state index in [9.17, 15) is 9.59 Å². The number of esters is 2. The highest BCUT2D eigenvalue weighted by Crippen LogP contribution is 2.50. The van der Waals surface area contributed by atoms with E-state index < -0.39 is 0 Å². The minimum absolute atomic E-state index is 0.0132. The zero-order chi connectivity index (χ0) is 34.7. The molecule has 2 aromatic rings. The van der Waals surface area contributed by atoms with E-state index in [4.69, 9.17) is 9.47 Å². The van der Waals surface area contributed by atoms with Gasteiger partial charge in [-0.1, -0.05) is 84.2 Å². The lowest BCUT2D eigenvalue weighted by Crippen LogP contribution is -2.33. The highest BCUT2D eigenvalue weighted by molar-refractivity contribution is 5.87. The molecule has 2 aromatic carbocycles. The van der Waals surface area contributed by atoms with Crippen molar-refractivity contribution in [2.24, 2.45) is 41.4 Å². The number of rotatable bonds is 12. The SMILES string of the molecule is C=C(C)C(=O)OCCC1CCC(Cc2ccc3c(c2)C(C)(C)c2cc(CC4CCC(CCOC(=O)C(=C)C)C(C)C4C)ccc2-3)CC1C. The van der Waals surface area contributed by atoms with Gasteiger partial charge in [0.25, 0.3) is 0 Å². The van der Waals surface area contributed by atoms with Gasteiger partial charge in [-0.3, -0.25) is 0 Å². The van der Waals surface area contributed by atoms with Crippen LogP contribution in [0, 0.1) is 41.4 Å². The summed E-state index contributed by atoms with van der Waals surface area (Å²) in [6.45, 7) is 23.8. The molecule has 0 amide bonds. The summed E-state index contributed by atoms with van der Waals surface area (Å²) in [6.07, 6.45) is 10.3. The molecule has 4 heteroatoms. The zero-order valence-corrected chi connectivity index (χ0v) is 30.8. The number of fused-ring (bicyclic) bond motifs is 3. The van der Waals surface area contributed by atoms with Gasteiger partial charge in [-0.05, 0) is 146 Å². The molecule has 0 radical (unpaired) electrons. The molecule has 2 fully saturated rings. The Labute approximate surface area is 290 Å². The van der Waals surface area contributed by atoms with E-state index >= 15 is 0 Å². The van der Waals surface area contributed by atoms with E-state index in [1.54, 1.807) is 13.8 Å². The summed E-state index contributed by atoms with van der Waals surface area (Å²) < 4.78 is 10.8. The lowest BCUT2D eigenvalue weighted by Gasteiger charge is -2.40. The molecule has 2 saturated carbocycles. The number of hydrogen-bond acceptors (Lipinski definition) is 4. The third kappa shape index (κ3) is 8.01. The van der Waals surface area contributed by atoms with Crippen LogP contribution in [0.15, 0.2) is 60.7 Å². The monoisotopic (exact) mass is 652 g/mol. The molecule has 0 saturated heterocycles. The Hall–Kier alpha value is -3.14. The maximum atomic E-state index is 11.8. The van der Waals surface area contributed by atoms with E-state index in [2.05, 4.69) is 84.2 Å². The first-order chi connectivity index (χ1) is 22.8. The van der Waals surface area contributed by atoms with Crippen LogP contribution in [-0.2, 0) is 37.3 Å². The van der Waals surface area contributed by atoms with Gasteiger partial charge in [0.15, 0.2) is 0 Å². The third-order valence-corrected chi connectivity index (χ3v) is 12.6. The highest BCUT2D eigenvalue weighted by Gasteiger charge is 2.38. The van der Waals surface area contributed by atoms with Crippen molar-refractivity contribution in [2.45, 2.75) is 112 Å². The Kier molecular flexibility index (Phi) is 11.4. The van der Waals surface area contributed by atoms with Crippen molar-refractivity contribution < 1.29 is 19.1 Å². The van der Waals surface area contributed by atoms with E-state index in [-0.39, 0.29) is 17.4 Å². The van der Waals surface area contributed by atoms with Crippen LogP contribution in [0.2, 0.25) is 0 Å². The molecule has 0 bridgehead atoms. The number of carbonyl (C=O) groups excluding carboxylic acids is 2. The molecule has 0 aromatic heterocycles. The predicted octanol–water partition coefficient (Wildman–Crippen LogP) is 10.4. The second-order valence-electron chi connectivity index (χ2n) is 16.4. The van der Waals surface area contributed by atoms with Gasteiger partial charge in [-0.25, -0.2) is 9.59 Å². The molecular weight excluding hydrogens is 592 g/mol. The van der Waals surface area contributed by atoms with Gasteiger partial charge in [0.05, 0.1) is 13.2 Å². The van der Waals surface area contributed by atoms with Gasteiger partial charge < -0.3 is 9.47 Å². The van der Waals surface area contributed by atoms with Crippen LogP contribution < -0.4 is 0 Å². The first-order valence-electron chi connectivity index (χ1n) is 18.7. The predicted molar refractivity (Wildman–Crippen MR) is 197 cm³/mol. The highest BCUT2D eigenvalue weighted by atomic mass is 16.5. The van der Waals surface area contributed by atoms with Crippen LogP contribution in [0.25, 0.3) is 11.1 Å². The largest absolute Gasteiger partial charge is 0.462 e. The van der Waals surface area contributed by atoms with Crippen LogP contribution in [-0.4, -0.2) is 25.2 Å². The quantitative estimate of drug-likeness (QED) is 0.169. The van der Waals surface area contributed by atoms with Gasteiger partial charge in [0.1, 0.15) is 0 Å². The second-order valence-corrected chi connectivity index (χ2v) is 16.4. The maximum absolute atomic E-state index is 11.8. The number of ether oxygens (including phenoxy) is 2. The van der Waals surface area contributed by atoms with Crippen molar-refractivity contribution in [3.8, 4) is 11.1 Å². The minimum atomic E-state index is -0.271. The van der Waals surface area contributed by atoms with Crippen molar-refractivity contribution >= 4 is 11.9 Å². The molecule has 48 heavy (non-hydrogen) atoms. The average Bonchev–Trinajstić information content (AvgIpc) is 3.26. The van der Waals surface area contributed by atoms with Gasteiger partial charge in [0, 0.05) is 16.6 Å². The summed E-state index contributed by atoms with van der Waals surface area (Å²) in [4.78, 5) is 23.6. The van der Waals surface area contributed by atoms with Crippen molar-refractivity contribution in [1.29, 1.82) is 0 Å². The molecule has 7 unspecified atom stereocenters. The molecule has 0 spiro atoms. The molecule has 0 heterocycles. The summed E-state index contributed by atoms with van der Waals surface area (Å²) in [5.41, 5.74) is 9.63. The number of benzene rings is 2. The minimum Gasteiger partial charge on any atom is -0.462 e. The molecule has 0 N–H and O–H groups in total. The summed E-state index contributed by atoms with van der Waals surface area (Å²) in [7, 11) is 0. The van der Waals surface area contributed by atoms with Gasteiger partial charge >= 0.3 is 11.9 Å². The molecule has 260 valence electrons. The number of carbonyl (C=O) groups is 2. The Bertz CT molecular complexity index is 1510. The van der Waals surface area contributed by atoms with Crippen molar-refractivity contribution in [3.05, 3.63) is 83.0 Å². The fraction of sp³-hybridized carbons (Fsp3) is 0.591. The normalized spacial score (nSPS) is 27.4. The first kappa shape index (κ1) is 36.1. The molecule has 5 rings (SSSR count). The van der Waals surface area contributed by atoms with E-state index in [0.29, 0.717) is 65.8 Å². The lowest BCUT2D eigenvalue weighted by atomic mass is 9.65. The Morgan fingerprint density at radius 1 is 0.708 bits per heavy atom. The standard InChI is InChI=1S/C44H60O4/c1-27(2)42(45)47-20-18-35-13-10-32(22-29(35)5)23-33-11-16-38-39-17-12-34(26-41(39)44(8,9)40(38)25-33)24-37-15-14-36(30(6)31(37)7)19-21-48-43(46)28(3)4/h11-12,16-17,25-26,29-32,35-37H,1,3,10,13-15,18-24H2,2,4-9H3. The van der Waals surface area contributed by atoms with E-state index in [0.717, 1.165) is 25.7 Å². The summed E-state index contributed by atoms with van der Waals surface area (Å²) in [5, 5.41) is 0. The fourth-order valence-corrected chi connectivity index (χ4v) is 9.27. The zero-order valence-electron chi connectivity index (χ0n) is 30.8. The molecule has 3 aliphatic carbocycles. The second kappa shape index (κ2) is 15.2. The van der Waals surface area contributed by atoms with Crippen LogP contribution >= 0.6 is 0 Å². The maximum Gasteiger partial charge on any atom is 0.333 e. The Morgan fingerprint density at radius 3 is 1.73 bits per heavy atom. The summed E-state index contributed by atoms with van der Waals surface area (Å²) in [6, 6.07) is 14.6. The number of hydrogen-bond donors (Lipinski definition) is 0. The van der Waals surface area contributed by atoms with Crippen LogP contribution in [0.5, 0.6) is 0 Å². The van der Waals surface area contributed by atoms with Crippen LogP contribution in [0.3, 0.4) is 0 Å². The smallest absolute Gasteiger partial charge is 0.333 e. The molecule has 4 nitrogen and oxygen atoms in total. The van der Waals surface area contributed by atoms with Crippen molar-refractivity contribution in [3.63, 3.8) is 0 Å². The average molecular weight is 653 g/mol. The summed E-state index contributed by atoms with van der Waals surface area (Å²) >= 11 is 0. The van der Waals surface area contributed by atoms with Gasteiger partial charge in [-0.2, -0.15) is 0 Å². The molecule has 3 aliphatic rings. The van der Waals surface area contributed by atoms with Crippen LogP contribution in [0.1, 0.15) is 116 Å². The molecule has 0 aliphatic heterocycles. The van der Waals surface area contributed by atoms with Crippen LogP contribution in [0.4, 0.5) is 0 Å². The molecule has 7 atom stereocenters.